The van der Waals surface area contributed by atoms with E-state index in [1.54, 1.807) is 20.8 Å². The summed E-state index contributed by atoms with van der Waals surface area (Å²) in [6.07, 6.45) is 0.730. The Labute approximate surface area is 90.6 Å². The summed E-state index contributed by atoms with van der Waals surface area (Å²) in [5.41, 5.74) is -0.898. The maximum atomic E-state index is 11.6. The quantitative estimate of drug-likeness (QED) is 0.715. The maximum Gasteiger partial charge on any atom is 0.314 e. The monoisotopic (exact) mass is 216 g/mol. The van der Waals surface area contributed by atoms with Crippen molar-refractivity contribution in [1.82, 2.24) is 0 Å². The lowest BCUT2D eigenvalue weighted by atomic mass is 9.83. The number of esters is 1. The van der Waals surface area contributed by atoms with Crippen molar-refractivity contribution in [1.29, 1.82) is 0 Å². The Kier molecular flexibility index (Phi) is 4.11. The first-order chi connectivity index (χ1) is 7.00. The van der Waals surface area contributed by atoms with Gasteiger partial charge in [-0.15, -0.1) is 0 Å². The molecule has 1 heterocycles. The molecular weight excluding hydrogens is 196 g/mol. The highest BCUT2D eigenvalue weighted by atomic mass is 16.5. The lowest BCUT2D eigenvalue weighted by Crippen LogP contribution is -2.45. The Bertz CT molecular complexity index is 219. The van der Waals surface area contributed by atoms with Gasteiger partial charge in [0.1, 0.15) is 0 Å². The van der Waals surface area contributed by atoms with Gasteiger partial charge < -0.3 is 14.6 Å². The van der Waals surface area contributed by atoms with Crippen LogP contribution in [0.25, 0.3) is 0 Å². The van der Waals surface area contributed by atoms with Crippen molar-refractivity contribution in [3.05, 3.63) is 0 Å². The van der Waals surface area contributed by atoms with Gasteiger partial charge in [-0.1, -0.05) is 0 Å². The van der Waals surface area contributed by atoms with Crippen molar-refractivity contribution in [2.45, 2.75) is 45.8 Å². The molecule has 1 aliphatic rings. The molecule has 1 N–H and O–H groups in total. The zero-order valence-corrected chi connectivity index (χ0v) is 9.66. The topological polar surface area (TPSA) is 55.8 Å². The highest BCUT2D eigenvalue weighted by Gasteiger charge is 2.43. The first kappa shape index (κ1) is 12.5. The lowest BCUT2D eigenvalue weighted by molar-refractivity contribution is -0.165. The molecule has 1 saturated heterocycles. The summed E-state index contributed by atoms with van der Waals surface area (Å²) in [5.74, 6) is -0.368. The SMILES string of the molecule is CCOC(=O)C(C)(C)C(O)C1CCCO1. The van der Waals surface area contributed by atoms with E-state index in [0.717, 1.165) is 12.8 Å². The Hall–Kier alpha value is -0.610. The first-order valence-corrected chi connectivity index (χ1v) is 5.47. The summed E-state index contributed by atoms with van der Waals surface area (Å²) in [6, 6.07) is 0. The Morgan fingerprint density at radius 1 is 1.67 bits per heavy atom. The van der Waals surface area contributed by atoms with Crippen LogP contribution in [0.1, 0.15) is 33.6 Å². The standard InChI is InChI=1S/C11H20O4/c1-4-14-10(13)11(2,3)9(12)8-6-5-7-15-8/h8-9,12H,4-7H2,1-3H3. The van der Waals surface area contributed by atoms with Crippen LogP contribution in [0.2, 0.25) is 0 Å². The number of carbonyl (C=O) groups is 1. The van der Waals surface area contributed by atoms with Crippen molar-refractivity contribution in [2.24, 2.45) is 5.41 Å². The van der Waals surface area contributed by atoms with E-state index in [2.05, 4.69) is 0 Å². The second-order valence-corrected chi connectivity index (χ2v) is 4.44. The van der Waals surface area contributed by atoms with Crippen molar-refractivity contribution in [2.75, 3.05) is 13.2 Å². The fourth-order valence-corrected chi connectivity index (χ4v) is 1.75. The number of rotatable bonds is 4. The molecule has 2 atom stereocenters. The predicted octanol–water partition coefficient (Wildman–Crippen LogP) is 1.12. The number of aliphatic hydroxyl groups is 1. The number of carbonyl (C=O) groups excluding carboxylic acids is 1. The van der Waals surface area contributed by atoms with E-state index in [9.17, 15) is 9.90 Å². The summed E-state index contributed by atoms with van der Waals surface area (Å²) >= 11 is 0. The largest absolute Gasteiger partial charge is 0.466 e. The number of hydrogen-bond acceptors (Lipinski definition) is 4. The van der Waals surface area contributed by atoms with Crippen LogP contribution in [0, 0.1) is 5.41 Å². The average Bonchev–Trinajstić information content (AvgIpc) is 2.69. The molecule has 1 aliphatic heterocycles. The highest BCUT2D eigenvalue weighted by Crippen LogP contribution is 2.30. The van der Waals surface area contributed by atoms with Gasteiger partial charge in [-0.3, -0.25) is 4.79 Å². The summed E-state index contributed by atoms with van der Waals surface area (Å²) in [5, 5.41) is 10.0. The number of hydrogen-bond donors (Lipinski definition) is 1. The molecule has 2 unspecified atom stereocenters. The summed E-state index contributed by atoms with van der Waals surface area (Å²) in [4.78, 5) is 11.6. The molecule has 0 saturated carbocycles. The fraction of sp³-hybridized carbons (Fsp3) is 0.909. The predicted molar refractivity (Wildman–Crippen MR) is 55.4 cm³/mol. The molecule has 0 aromatic rings. The van der Waals surface area contributed by atoms with Crippen molar-refractivity contribution in [3.63, 3.8) is 0 Å². The van der Waals surface area contributed by atoms with E-state index in [0.29, 0.717) is 13.2 Å². The second kappa shape index (κ2) is 4.94. The van der Waals surface area contributed by atoms with Crippen LogP contribution in [0.3, 0.4) is 0 Å². The third-order valence-corrected chi connectivity index (χ3v) is 2.86. The lowest BCUT2D eigenvalue weighted by Gasteiger charge is -2.31. The maximum absolute atomic E-state index is 11.6. The second-order valence-electron chi connectivity index (χ2n) is 4.44. The van der Waals surface area contributed by atoms with Gasteiger partial charge in [-0.05, 0) is 33.6 Å². The molecule has 0 bridgehead atoms. The van der Waals surface area contributed by atoms with Crippen LogP contribution in [0.5, 0.6) is 0 Å². The zero-order chi connectivity index (χ0) is 11.5. The molecule has 1 rings (SSSR count). The summed E-state index contributed by atoms with van der Waals surface area (Å²) in [7, 11) is 0. The molecule has 0 aromatic carbocycles. The van der Waals surface area contributed by atoms with Crippen molar-refractivity contribution >= 4 is 5.97 Å². The van der Waals surface area contributed by atoms with Crippen LogP contribution in [0.4, 0.5) is 0 Å². The molecule has 4 heteroatoms. The molecule has 0 aromatic heterocycles. The smallest absolute Gasteiger partial charge is 0.314 e. The summed E-state index contributed by atoms with van der Waals surface area (Å²) < 4.78 is 10.3. The number of ether oxygens (including phenoxy) is 2. The molecule has 88 valence electrons. The summed E-state index contributed by atoms with van der Waals surface area (Å²) in [6.45, 7) is 6.14. The van der Waals surface area contributed by atoms with Crippen molar-refractivity contribution < 1.29 is 19.4 Å². The Balaban J connectivity index is 2.62. The Morgan fingerprint density at radius 2 is 2.33 bits per heavy atom. The van der Waals surface area contributed by atoms with Gasteiger partial charge in [0.15, 0.2) is 0 Å². The van der Waals surface area contributed by atoms with E-state index in [4.69, 9.17) is 9.47 Å². The first-order valence-electron chi connectivity index (χ1n) is 5.47. The fourth-order valence-electron chi connectivity index (χ4n) is 1.75. The van der Waals surface area contributed by atoms with Gasteiger partial charge >= 0.3 is 5.97 Å². The van der Waals surface area contributed by atoms with E-state index in [1.807, 2.05) is 0 Å². The minimum Gasteiger partial charge on any atom is -0.466 e. The van der Waals surface area contributed by atoms with Gasteiger partial charge in [0, 0.05) is 6.61 Å². The van der Waals surface area contributed by atoms with Gasteiger partial charge in [-0.25, -0.2) is 0 Å². The zero-order valence-electron chi connectivity index (χ0n) is 9.66. The third kappa shape index (κ3) is 2.69. The van der Waals surface area contributed by atoms with E-state index in [-0.39, 0.29) is 12.1 Å². The van der Waals surface area contributed by atoms with Gasteiger partial charge in [0.2, 0.25) is 0 Å². The molecular formula is C11H20O4. The molecule has 1 fully saturated rings. The van der Waals surface area contributed by atoms with Gasteiger partial charge in [0.25, 0.3) is 0 Å². The van der Waals surface area contributed by atoms with E-state index >= 15 is 0 Å². The van der Waals surface area contributed by atoms with E-state index in [1.165, 1.54) is 0 Å². The van der Waals surface area contributed by atoms with Crippen LogP contribution in [0.15, 0.2) is 0 Å². The Morgan fingerprint density at radius 3 is 2.80 bits per heavy atom. The van der Waals surface area contributed by atoms with Crippen LogP contribution >= 0.6 is 0 Å². The minimum absolute atomic E-state index is 0.232. The minimum atomic E-state index is -0.898. The van der Waals surface area contributed by atoms with Crippen LogP contribution < -0.4 is 0 Å². The molecule has 0 radical (unpaired) electrons. The third-order valence-electron chi connectivity index (χ3n) is 2.86. The molecule has 0 spiro atoms. The van der Waals surface area contributed by atoms with Gasteiger partial charge in [-0.2, -0.15) is 0 Å². The van der Waals surface area contributed by atoms with Crippen molar-refractivity contribution in [3.8, 4) is 0 Å². The molecule has 4 nitrogen and oxygen atoms in total. The van der Waals surface area contributed by atoms with Crippen LogP contribution in [-0.4, -0.2) is 36.5 Å². The molecule has 0 amide bonds. The van der Waals surface area contributed by atoms with Crippen LogP contribution in [-0.2, 0) is 14.3 Å². The average molecular weight is 216 g/mol. The van der Waals surface area contributed by atoms with E-state index < -0.39 is 11.5 Å². The molecule has 0 aliphatic carbocycles. The highest BCUT2D eigenvalue weighted by molar-refractivity contribution is 5.76. The number of aliphatic hydroxyl groups excluding tert-OH is 1. The molecule has 15 heavy (non-hydrogen) atoms. The normalized spacial score (nSPS) is 23.9. The van der Waals surface area contributed by atoms with Gasteiger partial charge in [0.05, 0.1) is 24.2 Å².